The molecule has 2 aromatic rings. The molecule has 1 atom stereocenters. The smallest absolute Gasteiger partial charge is 0.0912 e. The first-order chi connectivity index (χ1) is 9.13. The molecule has 2 N–H and O–H groups in total. The molecule has 2 rings (SSSR count). The zero-order valence-electron chi connectivity index (χ0n) is 10.4. The normalized spacial score (nSPS) is 12.6. The van der Waals surface area contributed by atoms with Crippen LogP contribution < -0.4 is 5.73 Å². The summed E-state index contributed by atoms with van der Waals surface area (Å²) in [5.41, 5.74) is 7.70. The summed E-state index contributed by atoms with van der Waals surface area (Å²) in [4.78, 5) is 4.29. The minimum Gasteiger partial charge on any atom is -0.383 e. The van der Waals surface area contributed by atoms with Crippen LogP contribution in [0, 0.1) is 0 Å². The van der Waals surface area contributed by atoms with Crippen LogP contribution in [0.3, 0.4) is 0 Å². The second-order valence-corrected chi connectivity index (χ2v) is 5.30. The van der Waals surface area contributed by atoms with E-state index in [0.717, 1.165) is 15.9 Å². The summed E-state index contributed by atoms with van der Waals surface area (Å²) < 4.78 is 7.70. The van der Waals surface area contributed by atoms with Crippen molar-refractivity contribution in [3.8, 4) is 0 Å². The van der Waals surface area contributed by atoms with Gasteiger partial charge in [-0.25, -0.2) is 0 Å². The highest BCUT2D eigenvalue weighted by Gasteiger charge is 2.19. The molecule has 1 unspecified atom stereocenters. The SMILES string of the molecule is COCCn1ncc(Cl)c1C(N)c1ccc(Br)cn1. The number of rotatable bonds is 5. The van der Waals surface area contributed by atoms with Crippen LogP contribution in [-0.4, -0.2) is 28.5 Å². The maximum absolute atomic E-state index is 6.22. The van der Waals surface area contributed by atoms with Crippen molar-refractivity contribution in [3.63, 3.8) is 0 Å². The van der Waals surface area contributed by atoms with Crippen molar-refractivity contribution in [3.05, 3.63) is 45.4 Å². The molecule has 0 bridgehead atoms. The van der Waals surface area contributed by atoms with E-state index >= 15 is 0 Å². The number of aromatic nitrogens is 3. The fourth-order valence-electron chi connectivity index (χ4n) is 1.75. The number of nitrogens with zero attached hydrogens (tertiary/aromatic N) is 3. The Balaban J connectivity index is 2.29. The average molecular weight is 346 g/mol. The van der Waals surface area contributed by atoms with Gasteiger partial charge in [0.05, 0.1) is 41.8 Å². The highest BCUT2D eigenvalue weighted by Crippen LogP contribution is 2.25. The predicted molar refractivity (Wildman–Crippen MR) is 77.1 cm³/mol. The number of hydrogen-bond donors (Lipinski definition) is 1. The van der Waals surface area contributed by atoms with E-state index in [9.17, 15) is 0 Å². The van der Waals surface area contributed by atoms with Gasteiger partial charge in [-0.05, 0) is 28.1 Å². The quantitative estimate of drug-likeness (QED) is 0.903. The van der Waals surface area contributed by atoms with E-state index in [1.807, 2.05) is 12.1 Å². The molecule has 0 aliphatic carbocycles. The van der Waals surface area contributed by atoms with Crippen molar-refractivity contribution >= 4 is 27.5 Å². The van der Waals surface area contributed by atoms with Crippen LogP contribution in [0.2, 0.25) is 5.02 Å². The fourth-order valence-corrected chi connectivity index (χ4v) is 2.24. The van der Waals surface area contributed by atoms with Crippen molar-refractivity contribution in [2.45, 2.75) is 12.6 Å². The molecule has 102 valence electrons. The van der Waals surface area contributed by atoms with Crippen LogP contribution in [0.5, 0.6) is 0 Å². The number of ether oxygens (including phenoxy) is 1. The van der Waals surface area contributed by atoms with Crippen molar-refractivity contribution in [2.24, 2.45) is 5.73 Å². The third-order valence-electron chi connectivity index (χ3n) is 2.70. The largest absolute Gasteiger partial charge is 0.383 e. The third-order valence-corrected chi connectivity index (χ3v) is 3.46. The second kappa shape index (κ2) is 6.47. The third kappa shape index (κ3) is 3.33. The van der Waals surface area contributed by atoms with Crippen LogP contribution in [-0.2, 0) is 11.3 Å². The number of nitrogens with two attached hydrogens (primary N) is 1. The average Bonchev–Trinajstić information content (AvgIpc) is 2.77. The first kappa shape index (κ1) is 14.5. The molecule has 0 radical (unpaired) electrons. The molecule has 0 spiro atoms. The number of methoxy groups -OCH3 is 1. The maximum Gasteiger partial charge on any atom is 0.0912 e. The van der Waals surface area contributed by atoms with E-state index in [2.05, 4.69) is 26.0 Å². The standard InChI is InChI=1S/C12H14BrClN4O/c1-19-5-4-18-12(9(14)7-17-18)11(15)10-3-2-8(13)6-16-10/h2-3,6-7,11H,4-5,15H2,1H3. The summed E-state index contributed by atoms with van der Waals surface area (Å²) in [6.45, 7) is 1.15. The first-order valence-electron chi connectivity index (χ1n) is 5.70. The minimum atomic E-state index is -0.417. The highest BCUT2D eigenvalue weighted by atomic mass is 79.9. The molecule has 19 heavy (non-hydrogen) atoms. The van der Waals surface area contributed by atoms with Crippen LogP contribution in [0.25, 0.3) is 0 Å². The van der Waals surface area contributed by atoms with Gasteiger partial charge in [0.2, 0.25) is 0 Å². The lowest BCUT2D eigenvalue weighted by Crippen LogP contribution is -2.20. The maximum atomic E-state index is 6.22. The van der Waals surface area contributed by atoms with Gasteiger partial charge in [0.1, 0.15) is 0 Å². The molecular formula is C12H14BrClN4O. The van der Waals surface area contributed by atoms with Crippen LogP contribution in [0.1, 0.15) is 17.4 Å². The monoisotopic (exact) mass is 344 g/mol. The van der Waals surface area contributed by atoms with Crippen molar-refractivity contribution in [1.29, 1.82) is 0 Å². The lowest BCUT2D eigenvalue weighted by Gasteiger charge is -2.14. The van der Waals surface area contributed by atoms with E-state index in [4.69, 9.17) is 22.1 Å². The van der Waals surface area contributed by atoms with Gasteiger partial charge in [-0.3, -0.25) is 9.67 Å². The zero-order chi connectivity index (χ0) is 13.8. The molecule has 2 aromatic heterocycles. The first-order valence-corrected chi connectivity index (χ1v) is 6.87. The van der Waals surface area contributed by atoms with Gasteiger partial charge in [0, 0.05) is 17.8 Å². The zero-order valence-corrected chi connectivity index (χ0v) is 12.7. The molecule has 0 aliphatic heterocycles. The summed E-state index contributed by atoms with van der Waals surface area (Å²) in [6.07, 6.45) is 3.30. The molecule has 0 saturated heterocycles. The molecule has 0 aromatic carbocycles. The Labute approximate surface area is 124 Å². The number of hydrogen-bond acceptors (Lipinski definition) is 4. The van der Waals surface area contributed by atoms with Gasteiger partial charge in [-0.2, -0.15) is 5.10 Å². The van der Waals surface area contributed by atoms with Crippen molar-refractivity contribution in [1.82, 2.24) is 14.8 Å². The summed E-state index contributed by atoms with van der Waals surface area (Å²) in [5, 5.41) is 4.74. The molecule has 0 saturated carbocycles. The van der Waals surface area contributed by atoms with E-state index < -0.39 is 6.04 Å². The number of halogens is 2. The molecular weight excluding hydrogens is 332 g/mol. The number of pyridine rings is 1. The Bertz CT molecular complexity index is 543. The summed E-state index contributed by atoms with van der Waals surface area (Å²) in [7, 11) is 1.64. The second-order valence-electron chi connectivity index (χ2n) is 3.97. The Morgan fingerprint density at radius 1 is 1.47 bits per heavy atom. The lowest BCUT2D eigenvalue weighted by atomic mass is 10.1. The minimum absolute atomic E-state index is 0.417. The Kier molecular flexibility index (Phi) is 4.93. The summed E-state index contributed by atoms with van der Waals surface area (Å²) in [6, 6.07) is 3.34. The Morgan fingerprint density at radius 3 is 2.89 bits per heavy atom. The summed E-state index contributed by atoms with van der Waals surface area (Å²) in [5.74, 6) is 0. The van der Waals surface area contributed by atoms with Crippen molar-refractivity contribution in [2.75, 3.05) is 13.7 Å². The lowest BCUT2D eigenvalue weighted by molar-refractivity contribution is 0.182. The Morgan fingerprint density at radius 2 is 2.26 bits per heavy atom. The molecule has 5 nitrogen and oxygen atoms in total. The molecule has 0 amide bonds. The summed E-state index contributed by atoms with van der Waals surface area (Å²) >= 11 is 9.50. The van der Waals surface area contributed by atoms with Gasteiger partial charge >= 0.3 is 0 Å². The van der Waals surface area contributed by atoms with E-state index in [1.54, 1.807) is 24.2 Å². The fraction of sp³-hybridized carbons (Fsp3) is 0.333. The topological polar surface area (TPSA) is 66.0 Å². The van der Waals surface area contributed by atoms with E-state index in [-0.39, 0.29) is 0 Å². The van der Waals surface area contributed by atoms with Crippen molar-refractivity contribution < 1.29 is 4.74 Å². The molecule has 2 heterocycles. The van der Waals surface area contributed by atoms with Gasteiger partial charge in [-0.15, -0.1) is 0 Å². The van der Waals surface area contributed by atoms with E-state index in [1.165, 1.54) is 0 Å². The molecule has 0 fully saturated rings. The molecule has 7 heteroatoms. The van der Waals surface area contributed by atoms with Gasteiger partial charge in [0.25, 0.3) is 0 Å². The van der Waals surface area contributed by atoms with Crippen LogP contribution >= 0.6 is 27.5 Å². The van der Waals surface area contributed by atoms with Gasteiger partial charge in [-0.1, -0.05) is 11.6 Å². The highest BCUT2D eigenvalue weighted by molar-refractivity contribution is 9.10. The van der Waals surface area contributed by atoms with Crippen LogP contribution in [0.15, 0.2) is 29.0 Å². The van der Waals surface area contributed by atoms with E-state index in [0.29, 0.717) is 18.2 Å². The Hall–Kier alpha value is -0.950. The molecule has 0 aliphatic rings. The van der Waals surface area contributed by atoms with Crippen LogP contribution in [0.4, 0.5) is 0 Å². The predicted octanol–water partition coefficient (Wildman–Crippen LogP) is 2.39. The van der Waals surface area contributed by atoms with Gasteiger partial charge in [0.15, 0.2) is 0 Å². The van der Waals surface area contributed by atoms with Gasteiger partial charge < -0.3 is 10.5 Å².